The molecular formula is C50H33NS. The molecule has 0 aliphatic carbocycles. The number of anilines is 3. The molecule has 0 atom stereocenters. The van der Waals surface area contributed by atoms with Crippen LogP contribution in [0.15, 0.2) is 200 Å². The van der Waals surface area contributed by atoms with E-state index in [0.717, 1.165) is 17.1 Å². The van der Waals surface area contributed by atoms with Gasteiger partial charge in [-0.05, 0) is 104 Å². The lowest BCUT2D eigenvalue weighted by atomic mass is 9.96. The SMILES string of the molecule is c1ccc(-c2ccc(N(c3ccc(-c4ccc5cc6sc7ccccc7c6cc5c4)cc3)c3ccc(-c4ccccc4)c4ccccc34)cc2)cc1. The van der Waals surface area contributed by atoms with Crippen LogP contribution in [-0.4, -0.2) is 0 Å². The summed E-state index contributed by atoms with van der Waals surface area (Å²) in [5.41, 5.74) is 10.7. The summed E-state index contributed by atoms with van der Waals surface area (Å²) in [6.45, 7) is 0. The van der Waals surface area contributed by atoms with E-state index in [4.69, 9.17) is 0 Å². The second-order valence-corrected chi connectivity index (χ2v) is 14.4. The molecule has 0 saturated heterocycles. The molecule has 9 aromatic carbocycles. The lowest BCUT2D eigenvalue weighted by Gasteiger charge is -2.28. The van der Waals surface area contributed by atoms with Crippen molar-refractivity contribution in [2.45, 2.75) is 0 Å². The molecule has 0 radical (unpaired) electrons. The van der Waals surface area contributed by atoms with Gasteiger partial charge in [0.1, 0.15) is 0 Å². The minimum Gasteiger partial charge on any atom is -0.310 e. The Morgan fingerprint density at radius 3 is 1.58 bits per heavy atom. The van der Waals surface area contributed by atoms with Gasteiger partial charge in [0.15, 0.2) is 0 Å². The molecule has 10 rings (SSSR count). The zero-order valence-electron chi connectivity index (χ0n) is 28.4. The molecule has 0 aliphatic rings. The number of hydrogen-bond acceptors (Lipinski definition) is 2. The van der Waals surface area contributed by atoms with E-state index in [9.17, 15) is 0 Å². The number of rotatable bonds is 6. The number of thiophene rings is 1. The van der Waals surface area contributed by atoms with Gasteiger partial charge in [-0.25, -0.2) is 0 Å². The van der Waals surface area contributed by atoms with Crippen molar-refractivity contribution in [3.63, 3.8) is 0 Å². The molecule has 0 unspecified atom stereocenters. The van der Waals surface area contributed by atoms with Gasteiger partial charge in [-0.1, -0.05) is 146 Å². The van der Waals surface area contributed by atoms with Crippen LogP contribution in [0.2, 0.25) is 0 Å². The van der Waals surface area contributed by atoms with Crippen LogP contribution < -0.4 is 4.90 Å². The van der Waals surface area contributed by atoms with Gasteiger partial charge in [0, 0.05) is 36.9 Å². The minimum absolute atomic E-state index is 1.11. The van der Waals surface area contributed by atoms with Crippen molar-refractivity contribution in [2.24, 2.45) is 0 Å². The maximum Gasteiger partial charge on any atom is 0.0540 e. The van der Waals surface area contributed by atoms with Gasteiger partial charge in [-0.2, -0.15) is 0 Å². The molecule has 1 nitrogen and oxygen atoms in total. The number of fused-ring (bicyclic) bond motifs is 5. The Hall–Kier alpha value is -6.48. The molecule has 0 amide bonds. The third-order valence-electron chi connectivity index (χ3n) is 10.3. The Balaban J connectivity index is 1.08. The highest BCUT2D eigenvalue weighted by molar-refractivity contribution is 7.25. The van der Waals surface area contributed by atoms with Crippen molar-refractivity contribution in [3.05, 3.63) is 200 Å². The summed E-state index contributed by atoms with van der Waals surface area (Å²) < 4.78 is 2.68. The molecule has 1 heterocycles. The third-order valence-corrected chi connectivity index (χ3v) is 11.4. The zero-order chi connectivity index (χ0) is 34.4. The molecule has 10 aromatic rings. The highest BCUT2D eigenvalue weighted by atomic mass is 32.1. The van der Waals surface area contributed by atoms with E-state index in [1.807, 2.05) is 11.3 Å². The van der Waals surface area contributed by atoms with Crippen molar-refractivity contribution in [1.82, 2.24) is 0 Å². The van der Waals surface area contributed by atoms with Gasteiger partial charge < -0.3 is 4.90 Å². The number of hydrogen-bond donors (Lipinski definition) is 0. The second kappa shape index (κ2) is 12.7. The molecule has 244 valence electrons. The van der Waals surface area contributed by atoms with Crippen molar-refractivity contribution < 1.29 is 0 Å². The van der Waals surface area contributed by atoms with Crippen LogP contribution in [0.1, 0.15) is 0 Å². The molecule has 0 bridgehead atoms. The molecule has 2 heteroatoms. The van der Waals surface area contributed by atoms with Gasteiger partial charge in [-0.3, -0.25) is 0 Å². The normalized spacial score (nSPS) is 11.5. The molecule has 0 fully saturated rings. The summed E-state index contributed by atoms with van der Waals surface area (Å²) in [5.74, 6) is 0. The predicted octanol–water partition coefficient (Wildman–Crippen LogP) is 14.8. The summed E-state index contributed by atoms with van der Waals surface area (Å²) in [4.78, 5) is 2.40. The zero-order valence-corrected chi connectivity index (χ0v) is 29.2. The lowest BCUT2D eigenvalue weighted by molar-refractivity contribution is 1.30. The molecule has 0 spiro atoms. The topological polar surface area (TPSA) is 3.24 Å². The first kappa shape index (κ1) is 30.4. The Bertz CT molecular complexity index is 2870. The monoisotopic (exact) mass is 679 g/mol. The fourth-order valence-electron chi connectivity index (χ4n) is 7.66. The van der Waals surface area contributed by atoms with E-state index in [-0.39, 0.29) is 0 Å². The summed E-state index contributed by atoms with van der Waals surface area (Å²) in [5, 5.41) is 7.65. The number of benzene rings is 9. The lowest BCUT2D eigenvalue weighted by Crippen LogP contribution is -2.10. The van der Waals surface area contributed by atoms with Crippen LogP contribution in [0.25, 0.3) is 75.1 Å². The van der Waals surface area contributed by atoms with E-state index in [2.05, 4.69) is 205 Å². The highest BCUT2D eigenvalue weighted by Gasteiger charge is 2.18. The van der Waals surface area contributed by atoms with E-state index in [1.54, 1.807) is 0 Å². The standard InChI is InChI=1S/C50H33NS/c1-3-11-34(12-4-1)35-21-25-41(26-22-35)51(48-30-29-43(37-13-5-2-6-14-37)44-15-7-8-16-45(44)48)42-27-23-36(24-28-42)38-19-20-39-33-50-47(32-40(39)31-38)46-17-9-10-18-49(46)52-50/h1-33H. The Morgan fingerprint density at radius 1 is 0.308 bits per heavy atom. The largest absolute Gasteiger partial charge is 0.310 e. The van der Waals surface area contributed by atoms with Gasteiger partial charge in [0.25, 0.3) is 0 Å². The van der Waals surface area contributed by atoms with Crippen LogP contribution in [0.5, 0.6) is 0 Å². The molecule has 0 saturated carbocycles. The molecule has 1 aromatic heterocycles. The van der Waals surface area contributed by atoms with Crippen molar-refractivity contribution in [3.8, 4) is 33.4 Å². The van der Waals surface area contributed by atoms with Gasteiger partial charge in [0.05, 0.1) is 5.69 Å². The minimum atomic E-state index is 1.11. The van der Waals surface area contributed by atoms with Crippen LogP contribution in [0, 0.1) is 0 Å². The van der Waals surface area contributed by atoms with E-state index in [1.165, 1.54) is 75.1 Å². The number of nitrogens with zero attached hydrogens (tertiary/aromatic N) is 1. The maximum atomic E-state index is 2.40. The first-order valence-electron chi connectivity index (χ1n) is 17.8. The predicted molar refractivity (Wildman–Crippen MR) is 225 cm³/mol. The van der Waals surface area contributed by atoms with Crippen molar-refractivity contribution in [1.29, 1.82) is 0 Å². The van der Waals surface area contributed by atoms with Crippen LogP contribution >= 0.6 is 11.3 Å². The molecular weight excluding hydrogens is 647 g/mol. The summed E-state index contributed by atoms with van der Waals surface area (Å²) in [6.07, 6.45) is 0. The fourth-order valence-corrected chi connectivity index (χ4v) is 8.80. The first-order chi connectivity index (χ1) is 25.8. The quantitative estimate of drug-likeness (QED) is 0.169. The van der Waals surface area contributed by atoms with Gasteiger partial charge >= 0.3 is 0 Å². The van der Waals surface area contributed by atoms with Gasteiger partial charge in [-0.15, -0.1) is 11.3 Å². The molecule has 0 N–H and O–H groups in total. The third kappa shape index (κ3) is 5.33. The highest BCUT2D eigenvalue weighted by Crippen LogP contribution is 2.43. The summed E-state index contributed by atoms with van der Waals surface area (Å²) >= 11 is 1.87. The van der Waals surface area contributed by atoms with E-state index >= 15 is 0 Å². The molecule has 52 heavy (non-hydrogen) atoms. The second-order valence-electron chi connectivity index (χ2n) is 13.3. The Kier molecular flexibility index (Phi) is 7.41. The van der Waals surface area contributed by atoms with Crippen LogP contribution in [0.3, 0.4) is 0 Å². The smallest absolute Gasteiger partial charge is 0.0540 e. The van der Waals surface area contributed by atoms with E-state index < -0.39 is 0 Å². The average Bonchev–Trinajstić information content (AvgIpc) is 3.58. The van der Waals surface area contributed by atoms with Gasteiger partial charge in [0.2, 0.25) is 0 Å². The Labute approximate surface area is 307 Å². The van der Waals surface area contributed by atoms with Crippen molar-refractivity contribution >= 4 is 70.1 Å². The average molecular weight is 680 g/mol. The maximum absolute atomic E-state index is 2.40. The first-order valence-corrected chi connectivity index (χ1v) is 18.6. The van der Waals surface area contributed by atoms with Crippen molar-refractivity contribution in [2.75, 3.05) is 4.90 Å². The van der Waals surface area contributed by atoms with Crippen LogP contribution in [0.4, 0.5) is 17.1 Å². The van der Waals surface area contributed by atoms with E-state index in [0.29, 0.717) is 0 Å². The summed E-state index contributed by atoms with van der Waals surface area (Å²) in [6, 6.07) is 72.9. The van der Waals surface area contributed by atoms with Crippen LogP contribution in [-0.2, 0) is 0 Å². The summed E-state index contributed by atoms with van der Waals surface area (Å²) in [7, 11) is 0. The Morgan fingerprint density at radius 2 is 0.865 bits per heavy atom. The molecule has 0 aliphatic heterocycles. The fraction of sp³-hybridized carbons (Fsp3) is 0.